The fraction of sp³-hybridized carbons (Fsp3) is 0.250. The molecule has 15 heavy (non-hydrogen) atoms. The minimum atomic E-state index is -4.07. The van der Waals surface area contributed by atoms with Gasteiger partial charge >= 0.3 is 9.33 Å². The van der Waals surface area contributed by atoms with Crippen LogP contribution in [0.1, 0.15) is 0 Å². The van der Waals surface area contributed by atoms with Gasteiger partial charge in [-0.15, -0.1) is 0 Å². The molecule has 0 aliphatic rings. The molecule has 0 N–H and O–H groups in total. The largest absolute Gasteiger partial charge is 0.496 e. The monoisotopic (exact) mass is 252 g/mol. The van der Waals surface area contributed by atoms with E-state index in [4.69, 9.17) is 20.2 Å². The molecule has 0 aromatic heterocycles. The van der Waals surface area contributed by atoms with Gasteiger partial charge in [0, 0.05) is 18.2 Å². The van der Waals surface area contributed by atoms with Gasteiger partial charge in [0.15, 0.2) is 5.75 Å². The molecule has 5 nitrogen and oxygen atoms in total. The standard InChI is InChI=1S/C8H9ClO5S/c1-12-6-3-7(13-2)5-8(4-6)14-15(9,10)11/h3-5H,1-2H3. The molecule has 0 unspecified atom stereocenters. The van der Waals surface area contributed by atoms with Crippen molar-refractivity contribution in [2.45, 2.75) is 0 Å². The van der Waals surface area contributed by atoms with Crippen LogP contribution >= 0.6 is 10.7 Å². The van der Waals surface area contributed by atoms with Crippen LogP contribution in [0.15, 0.2) is 18.2 Å². The highest BCUT2D eigenvalue weighted by atomic mass is 35.7. The summed E-state index contributed by atoms with van der Waals surface area (Å²) in [5.41, 5.74) is 0. The van der Waals surface area contributed by atoms with Crippen LogP contribution in [0, 0.1) is 0 Å². The van der Waals surface area contributed by atoms with E-state index >= 15 is 0 Å². The summed E-state index contributed by atoms with van der Waals surface area (Å²) in [4.78, 5) is 0. The summed E-state index contributed by atoms with van der Waals surface area (Å²) < 4.78 is 35.6. The van der Waals surface area contributed by atoms with E-state index in [2.05, 4.69) is 4.18 Å². The maximum Gasteiger partial charge on any atom is 0.401 e. The highest BCUT2D eigenvalue weighted by Gasteiger charge is 2.10. The first-order valence-corrected chi connectivity index (χ1v) is 6.05. The molecule has 84 valence electrons. The molecule has 0 bridgehead atoms. The number of rotatable bonds is 4. The SMILES string of the molecule is COc1cc(OC)cc(OS(=O)(=O)Cl)c1. The van der Waals surface area contributed by atoms with Crippen molar-refractivity contribution in [2.24, 2.45) is 0 Å². The van der Waals surface area contributed by atoms with Gasteiger partial charge in [0.1, 0.15) is 11.5 Å². The second-order valence-electron chi connectivity index (χ2n) is 2.52. The number of ether oxygens (including phenoxy) is 2. The summed E-state index contributed by atoms with van der Waals surface area (Å²) >= 11 is 0. The molecule has 0 fully saturated rings. The minimum Gasteiger partial charge on any atom is -0.496 e. The van der Waals surface area contributed by atoms with Crippen LogP contribution in [0.4, 0.5) is 0 Å². The lowest BCUT2D eigenvalue weighted by molar-refractivity contribution is 0.390. The Kier molecular flexibility index (Phi) is 3.65. The number of hydrogen-bond acceptors (Lipinski definition) is 5. The molecular weight excluding hydrogens is 244 g/mol. The zero-order valence-electron chi connectivity index (χ0n) is 8.06. The van der Waals surface area contributed by atoms with Gasteiger partial charge in [-0.05, 0) is 0 Å². The molecule has 0 saturated heterocycles. The molecule has 1 aromatic rings. The van der Waals surface area contributed by atoms with E-state index in [1.165, 1.54) is 26.4 Å². The number of benzene rings is 1. The van der Waals surface area contributed by atoms with Crippen molar-refractivity contribution >= 4 is 20.0 Å². The summed E-state index contributed by atoms with van der Waals surface area (Å²) in [5.74, 6) is 0.843. The van der Waals surface area contributed by atoms with Gasteiger partial charge < -0.3 is 13.7 Å². The third-order valence-corrected chi connectivity index (χ3v) is 2.10. The fourth-order valence-corrected chi connectivity index (χ4v) is 1.49. The van der Waals surface area contributed by atoms with Crippen LogP contribution in [-0.4, -0.2) is 22.6 Å². The van der Waals surface area contributed by atoms with Crippen molar-refractivity contribution in [3.63, 3.8) is 0 Å². The Morgan fingerprint density at radius 2 is 1.40 bits per heavy atom. The minimum absolute atomic E-state index is 0.0289. The van der Waals surface area contributed by atoms with Gasteiger partial charge in [-0.1, -0.05) is 0 Å². The van der Waals surface area contributed by atoms with E-state index in [9.17, 15) is 8.42 Å². The van der Waals surface area contributed by atoms with Crippen molar-refractivity contribution < 1.29 is 22.1 Å². The number of hydrogen-bond donors (Lipinski definition) is 0. The second kappa shape index (κ2) is 4.59. The summed E-state index contributed by atoms with van der Waals surface area (Å²) in [7, 11) is 3.74. The van der Waals surface area contributed by atoms with Crippen LogP contribution in [0.5, 0.6) is 17.2 Å². The average molecular weight is 253 g/mol. The number of halogens is 1. The Morgan fingerprint density at radius 1 is 1.00 bits per heavy atom. The predicted molar refractivity (Wildman–Crippen MR) is 54.9 cm³/mol. The molecule has 0 aliphatic carbocycles. The normalized spacial score (nSPS) is 10.9. The van der Waals surface area contributed by atoms with E-state index in [1.807, 2.05) is 0 Å². The third-order valence-electron chi connectivity index (χ3n) is 1.52. The van der Waals surface area contributed by atoms with Crippen LogP contribution in [-0.2, 0) is 9.33 Å². The maximum atomic E-state index is 10.7. The van der Waals surface area contributed by atoms with Crippen LogP contribution < -0.4 is 13.7 Å². The second-order valence-corrected chi connectivity index (χ2v) is 4.61. The lowest BCUT2D eigenvalue weighted by Gasteiger charge is -2.07. The Hall–Kier alpha value is -1.14. The van der Waals surface area contributed by atoms with Gasteiger partial charge in [-0.25, -0.2) is 0 Å². The highest BCUT2D eigenvalue weighted by Crippen LogP contribution is 2.28. The van der Waals surface area contributed by atoms with E-state index in [-0.39, 0.29) is 5.75 Å². The van der Waals surface area contributed by atoms with Gasteiger partial charge in [-0.2, -0.15) is 8.42 Å². The zero-order chi connectivity index (χ0) is 11.5. The Balaban J connectivity index is 3.07. The van der Waals surface area contributed by atoms with E-state index < -0.39 is 9.33 Å². The Morgan fingerprint density at radius 3 is 1.73 bits per heavy atom. The van der Waals surface area contributed by atoms with E-state index in [1.54, 1.807) is 6.07 Å². The molecule has 1 rings (SSSR count). The van der Waals surface area contributed by atoms with Crippen molar-refractivity contribution in [3.05, 3.63) is 18.2 Å². The van der Waals surface area contributed by atoms with E-state index in [0.29, 0.717) is 11.5 Å². The van der Waals surface area contributed by atoms with Crippen LogP contribution in [0.25, 0.3) is 0 Å². The first-order chi connectivity index (χ1) is 6.94. The molecule has 0 atom stereocenters. The smallest absolute Gasteiger partial charge is 0.401 e. The molecule has 1 aromatic carbocycles. The Labute approximate surface area is 92.1 Å². The topological polar surface area (TPSA) is 61.8 Å². The fourth-order valence-electron chi connectivity index (χ4n) is 0.944. The molecule has 0 saturated carbocycles. The lowest BCUT2D eigenvalue weighted by Crippen LogP contribution is -2.00. The molecule has 0 heterocycles. The van der Waals surface area contributed by atoms with E-state index in [0.717, 1.165) is 0 Å². The zero-order valence-corrected chi connectivity index (χ0v) is 9.63. The van der Waals surface area contributed by atoms with Crippen LogP contribution in [0.3, 0.4) is 0 Å². The molecule has 7 heteroatoms. The number of methoxy groups -OCH3 is 2. The summed E-state index contributed by atoms with van der Waals surface area (Å²) in [6.45, 7) is 0. The maximum absolute atomic E-state index is 10.7. The Bertz CT molecular complexity index is 420. The van der Waals surface area contributed by atoms with Gasteiger partial charge in [0.05, 0.1) is 24.9 Å². The molecule has 0 aliphatic heterocycles. The summed E-state index contributed by atoms with van der Waals surface area (Å²) in [6, 6.07) is 4.33. The predicted octanol–water partition coefficient (Wildman–Crippen LogP) is 1.57. The van der Waals surface area contributed by atoms with Crippen molar-refractivity contribution in [1.82, 2.24) is 0 Å². The van der Waals surface area contributed by atoms with Gasteiger partial charge in [-0.3, -0.25) is 0 Å². The lowest BCUT2D eigenvalue weighted by atomic mass is 10.3. The highest BCUT2D eigenvalue weighted by molar-refractivity contribution is 8.10. The summed E-state index contributed by atoms with van der Waals surface area (Å²) in [5, 5.41) is 0. The third kappa shape index (κ3) is 3.85. The van der Waals surface area contributed by atoms with Crippen molar-refractivity contribution in [2.75, 3.05) is 14.2 Å². The van der Waals surface area contributed by atoms with Crippen molar-refractivity contribution in [1.29, 1.82) is 0 Å². The van der Waals surface area contributed by atoms with Gasteiger partial charge in [0.25, 0.3) is 0 Å². The molecular formula is C8H9ClO5S. The molecule has 0 amide bonds. The quantitative estimate of drug-likeness (QED) is 0.761. The average Bonchev–Trinajstić information content (AvgIpc) is 2.14. The molecule has 0 radical (unpaired) electrons. The molecule has 0 spiro atoms. The van der Waals surface area contributed by atoms with Gasteiger partial charge in [0.2, 0.25) is 0 Å². The first kappa shape index (κ1) is 11.9. The van der Waals surface area contributed by atoms with Crippen LogP contribution in [0.2, 0.25) is 0 Å². The van der Waals surface area contributed by atoms with Crippen molar-refractivity contribution in [3.8, 4) is 17.2 Å². The first-order valence-electron chi connectivity index (χ1n) is 3.82. The summed E-state index contributed by atoms with van der Waals surface area (Å²) in [6.07, 6.45) is 0.